The Morgan fingerprint density at radius 3 is 2.33 bits per heavy atom. The fraction of sp³-hybridized carbons (Fsp3) is 0.458. The van der Waals surface area contributed by atoms with Crippen LogP contribution in [0.15, 0.2) is 48.5 Å². The molecule has 158 valence electrons. The van der Waals surface area contributed by atoms with E-state index in [2.05, 4.69) is 5.32 Å². The van der Waals surface area contributed by atoms with E-state index in [0.29, 0.717) is 12.4 Å². The molecule has 1 saturated carbocycles. The molecule has 0 radical (unpaired) electrons. The van der Waals surface area contributed by atoms with Gasteiger partial charge >= 0.3 is 7.12 Å². The van der Waals surface area contributed by atoms with Gasteiger partial charge in [0.05, 0.1) is 11.2 Å². The number of hydrogen-bond acceptors (Lipinski definition) is 4. The second-order valence-corrected chi connectivity index (χ2v) is 9.23. The van der Waals surface area contributed by atoms with Gasteiger partial charge in [0.2, 0.25) is 5.91 Å². The number of benzene rings is 2. The molecule has 4 rings (SSSR count). The summed E-state index contributed by atoms with van der Waals surface area (Å²) in [7, 11) is -0.530. The molecule has 1 amide bonds. The van der Waals surface area contributed by atoms with Crippen molar-refractivity contribution in [2.45, 2.75) is 64.8 Å². The largest absolute Gasteiger partial charge is 0.498 e. The van der Waals surface area contributed by atoms with Crippen molar-refractivity contribution in [3.05, 3.63) is 54.1 Å². The molecule has 1 heterocycles. The van der Waals surface area contributed by atoms with Gasteiger partial charge in [-0.25, -0.2) is 0 Å². The standard InChI is InChI=1S/C24H30BNO4/c1-23(2)24(3,4)30-25(29-23)20-14-13-19(26-22(27)18-11-8-12-18)15-21(20)28-16-17-9-6-5-7-10-17/h5-7,9-10,13-15,18H,8,11-12,16H2,1-4H3,(H,26,27). The molecular formula is C24H30BNO4. The second kappa shape index (κ2) is 8.08. The zero-order valence-corrected chi connectivity index (χ0v) is 18.2. The SMILES string of the molecule is CC1(C)OB(c2ccc(NC(=O)C3CCC3)cc2OCc2ccccc2)OC1(C)C. The summed E-state index contributed by atoms with van der Waals surface area (Å²) >= 11 is 0. The minimum Gasteiger partial charge on any atom is -0.489 e. The number of hydrogen-bond donors (Lipinski definition) is 1. The highest BCUT2D eigenvalue weighted by molar-refractivity contribution is 6.63. The Kier molecular flexibility index (Phi) is 5.64. The van der Waals surface area contributed by atoms with Crippen molar-refractivity contribution in [1.29, 1.82) is 0 Å². The van der Waals surface area contributed by atoms with Gasteiger partial charge in [-0.15, -0.1) is 0 Å². The number of ether oxygens (including phenoxy) is 1. The van der Waals surface area contributed by atoms with Gasteiger partial charge in [0, 0.05) is 23.1 Å². The van der Waals surface area contributed by atoms with Crippen LogP contribution in [0.5, 0.6) is 5.75 Å². The van der Waals surface area contributed by atoms with Crippen LogP contribution in [0.25, 0.3) is 0 Å². The van der Waals surface area contributed by atoms with Crippen LogP contribution in [-0.2, 0) is 20.7 Å². The number of rotatable bonds is 6. The van der Waals surface area contributed by atoms with Crippen LogP contribution in [-0.4, -0.2) is 24.2 Å². The van der Waals surface area contributed by atoms with Crippen molar-refractivity contribution in [2.24, 2.45) is 5.92 Å². The van der Waals surface area contributed by atoms with Crippen LogP contribution in [0.2, 0.25) is 0 Å². The van der Waals surface area contributed by atoms with Gasteiger partial charge in [0.25, 0.3) is 0 Å². The Bertz CT molecular complexity index is 893. The fourth-order valence-corrected chi connectivity index (χ4v) is 3.55. The van der Waals surface area contributed by atoms with Crippen LogP contribution in [0.3, 0.4) is 0 Å². The van der Waals surface area contributed by atoms with E-state index in [-0.39, 0.29) is 11.8 Å². The van der Waals surface area contributed by atoms with E-state index in [9.17, 15) is 4.79 Å². The average molecular weight is 407 g/mol. The summed E-state index contributed by atoms with van der Waals surface area (Å²) in [6.07, 6.45) is 3.06. The molecule has 0 aromatic heterocycles. The molecule has 1 aliphatic heterocycles. The van der Waals surface area contributed by atoms with E-state index in [1.54, 1.807) is 0 Å². The Balaban J connectivity index is 1.58. The van der Waals surface area contributed by atoms with Gasteiger partial charge in [0.15, 0.2) is 0 Å². The van der Waals surface area contributed by atoms with Crippen molar-refractivity contribution < 1.29 is 18.8 Å². The second-order valence-electron chi connectivity index (χ2n) is 9.23. The highest BCUT2D eigenvalue weighted by Gasteiger charge is 2.52. The molecule has 2 fully saturated rings. The van der Waals surface area contributed by atoms with Crippen molar-refractivity contribution in [2.75, 3.05) is 5.32 Å². The van der Waals surface area contributed by atoms with Gasteiger partial charge in [0.1, 0.15) is 12.4 Å². The fourth-order valence-electron chi connectivity index (χ4n) is 3.55. The summed E-state index contributed by atoms with van der Waals surface area (Å²) in [6.45, 7) is 8.55. The van der Waals surface area contributed by atoms with Gasteiger partial charge < -0.3 is 19.4 Å². The smallest absolute Gasteiger partial charge is 0.489 e. The number of nitrogens with one attached hydrogen (secondary N) is 1. The monoisotopic (exact) mass is 407 g/mol. The van der Waals surface area contributed by atoms with E-state index in [1.807, 2.05) is 76.2 Å². The molecule has 0 unspecified atom stereocenters. The van der Waals surface area contributed by atoms with Crippen LogP contribution in [0.1, 0.15) is 52.5 Å². The van der Waals surface area contributed by atoms with Crippen LogP contribution in [0.4, 0.5) is 5.69 Å². The molecule has 2 aromatic carbocycles. The number of amides is 1. The summed E-state index contributed by atoms with van der Waals surface area (Å²) in [5.41, 5.74) is 1.75. The third-order valence-electron chi connectivity index (χ3n) is 6.50. The van der Waals surface area contributed by atoms with Crippen LogP contribution in [0, 0.1) is 5.92 Å². The molecule has 5 nitrogen and oxygen atoms in total. The highest BCUT2D eigenvalue weighted by Crippen LogP contribution is 2.37. The quantitative estimate of drug-likeness (QED) is 0.726. The predicted octanol–water partition coefficient (Wildman–Crippen LogP) is 4.30. The topological polar surface area (TPSA) is 56.8 Å². The zero-order valence-electron chi connectivity index (χ0n) is 18.2. The van der Waals surface area contributed by atoms with E-state index < -0.39 is 18.3 Å². The Morgan fingerprint density at radius 2 is 1.73 bits per heavy atom. The maximum Gasteiger partial charge on any atom is 0.498 e. The summed E-state index contributed by atoms with van der Waals surface area (Å²) in [4.78, 5) is 12.4. The lowest BCUT2D eigenvalue weighted by Gasteiger charge is -2.32. The Labute approximate surface area is 179 Å². The first-order valence-corrected chi connectivity index (χ1v) is 10.7. The van der Waals surface area contributed by atoms with Crippen LogP contribution >= 0.6 is 0 Å². The lowest BCUT2D eigenvalue weighted by Crippen LogP contribution is -2.41. The molecule has 6 heteroatoms. The van der Waals surface area contributed by atoms with E-state index in [1.165, 1.54) is 0 Å². The normalized spacial score (nSPS) is 19.9. The third-order valence-corrected chi connectivity index (χ3v) is 6.50. The lowest BCUT2D eigenvalue weighted by molar-refractivity contribution is -0.122. The molecule has 2 aromatic rings. The highest BCUT2D eigenvalue weighted by atomic mass is 16.7. The Morgan fingerprint density at radius 1 is 1.07 bits per heavy atom. The molecule has 1 saturated heterocycles. The molecule has 30 heavy (non-hydrogen) atoms. The number of anilines is 1. The Hall–Kier alpha value is -2.31. The zero-order chi connectivity index (χ0) is 21.4. The first-order valence-electron chi connectivity index (χ1n) is 10.7. The maximum absolute atomic E-state index is 12.4. The first kappa shape index (κ1) is 20.9. The molecule has 0 atom stereocenters. The van der Waals surface area contributed by atoms with Gasteiger partial charge in [-0.1, -0.05) is 42.8 Å². The van der Waals surface area contributed by atoms with Gasteiger partial charge in [-0.2, -0.15) is 0 Å². The molecule has 0 spiro atoms. The van der Waals surface area contributed by atoms with Crippen LogP contribution < -0.4 is 15.5 Å². The minimum atomic E-state index is -0.530. The molecule has 1 aliphatic carbocycles. The summed E-state index contributed by atoms with van der Waals surface area (Å²) in [5.74, 6) is 0.865. The number of carbonyl (C=O) groups excluding carboxylic acids is 1. The van der Waals surface area contributed by atoms with Gasteiger partial charge in [-0.05, 0) is 52.2 Å². The summed E-state index contributed by atoms with van der Waals surface area (Å²) in [6, 6.07) is 15.7. The molecule has 1 N–H and O–H groups in total. The van der Waals surface area contributed by atoms with E-state index in [4.69, 9.17) is 14.0 Å². The summed E-state index contributed by atoms with van der Waals surface area (Å²) in [5, 5.41) is 3.03. The number of carbonyl (C=O) groups is 1. The van der Waals surface area contributed by atoms with Gasteiger partial charge in [-0.3, -0.25) is 4.79 Å². The first-order chi connectivity index (χ1) is 14.2. The average Bonchev–Trinajstić information content (AvgIpc) is 2.86. The van der Waals surface area contributed by atoms with Crippen molar-refractivity contribution in [1.82, 2.24) is 0 Å². The third kappa shape index (κ3) is 4.25. The van der Waals surface area contributed by atoms with E-state index >= 15 is 0 Å². The lowest BCUT2D eigenvalue weighted by atomic mass is 9.78. The molecular weight excluding hydrogens is 377 g/mol. The van der Waals surface area contributed by atoms with Crippen molar-refractivity contribution in [3.63, 3.8) is 0 Å². The van der Waals surface area contributed by atoms with Crippen molar-refractivity contribution >= 4 is 24.2 Å². The van der Waals surface area contributed by atoms with Crippen molar-refractivity contribution in [3.8, 4) is 5.75 Å². The molecule has 0 bridgehead atoms. The minimum absolute atomic E-state index is 0.0821. The maximum atomic E-state index is 12.4. The van der Waals surface area contributed by atoms with E-state index in [0.717, 1.165) is 36.0 Å². The predicted molar refractivity (Wildman–Crippen MR) is 119 cm³/mol. The molecule has 2 aliphatic rings. The summed E-state index contributed by atoms with van der Waals surface area (Å²) < 4.78 is 18.7.